The van der Waals surface area contributed by atoms with Gasteiger partial charge in [-0.3, -0.25) is 4.79 Å². The van der Waals surface area contributed by atoms with Crippen LogP contribution in [0, 0.1) is 6.92 Å². The quantitative estimate of drug-likeness (QED) is 0.736. The van der Waals surface area contributed by atoms with Crippen molar-refractivity contribution >= 4 is 17.5 Å². The maximum Gasteiger partial charge on any atom is 0.258 e. The summed E-state index contributed by atoms with van der Waals surface area (Å²) in [7, 11) is 0. The van der Waals surface area contributed by atoms with Crippen molar-refractivity contribution in [3.63, 3.8) is 0 Å². The third kappa shape index (κ3) is 4.61. The predicted molar refractivity (Wildman–Crippen MR) is 97.1 cm³/mol. The summed E-state index contributed by atoms with van der Waals surface area (Å²) in [4.78, 5) is 15.9. The number of hydrogen-bond acceptors (Lipinski definition) is 3. The van der Waals surface area contributed by atoms with Crippen LogP contribution in [0.1, 0.15) is 11.1 Å². The van der Waals surface area contributed by atoms with Gasteiger partial charge in [-0.05, 0) is 48.4 Å². The molecule has 6 heteroatoms. The Hall–Kier alpha value is -2.79. The number of halogens is 1. The first-order valence-electron chi connectivity index (χ1n) is 7.85. The van der Waals surface area contributed by atoms with Crippen molar-refractivity contribution in [3.8, 4) is 11.4 Å². The summed E-state index contributed by atoms with van der Waals surface area (Å²) in [5, 5.41) is 3.52. The van der Waals surface area contributed by atoms with Crippen LogP contribution >= 0.6 is 11.6 Å². The van der Waals surface area contributed by atoms with Crippen molar-refractivity contribution in [2.45, 2.75) is 13.5 Å². The molecule has 0 fully saturated rings. The highest BCUT2D eigenvalue weighted by molar-refractivity contribution is 6.31. The van der Waals surface area contributed by atoms with Crippen LogP contribution in [0.4, 0.5) is 0 Å². The Morgan fingerprint density at radius 1 is 1.24 bits per heavy atom. The summed E-state index contributed by atoms with van der Waals surface area (Å²) in [6.45, 7) is 2.31. The van der Waals surface area contributed by atoms with Crippen molar-refractivity contribution < 1.29 is 9.53 Å². The molecule has 1 N–H and O–H groups in total. The van der Waals surface area contributed by atoms with E-state index in [1.54, 1.807) is 24.7 Å². The number of carbonyl (C=O) groups is 1. The molecule has 0 saturated heterocycles. The topological polar surface area (TPSA) is 56.1 Å². The second-order valence-corrected chi connectivity index (χ2v) is 6.02. The molecule has 1 heterocycles. The number of nitrogens with one attached hydrogen (secondary N) is 1. The molecule has 1 amide bonds. The molecular weight excluding hydrogens is 338 g/mol. The van der Waals surface area contributed by atoms with Crippen molar-refractivity contribution in [1.29, 1.82) is 0 Å². The standard InChI is InChI=1S/C19H18ClN3O2/c1-14-10-17(6-7-18(14)20)25-12-19(24)22-11-15-2-4-16(5-3-15)23-9-8-21-13-23/h2-10,13H,11-12H2,1H3,(H,22,24). The summed E-state index contributed by atoms with van der Waals surface area (Å²) < 4.78 is 7.40. The fraction of sp³-hybridized carbons (Fsp3) is 0.158. The minimum Gasteiger partial charge on any atom is -0.484 e. The SMILES string of the molecule is Cc1cc(OCC(=O)NCc2ccc(-n3ccnc3)cc2)ccc1Cl. The van der Waals surface area contributed by atoms with Gasteiger partial charge in [-0.15, -0.1) is 0 Å². The normalized spacial score (nSPS) is 10.5. The minimum absolute atomic E-state index is 0.0335. The number of carbonyl (C=O) groups excluding carboxylic acids is 1. The van der Waals surface area contributed by atoms with Crippen molar-refractivity contribution in [1.82, 2.24) is 14.9 Å². The highest BCUT2D eigenvalue weighted by Crippen LogP contribution is 2.20. The number of aromatic nitrogens is 2. The van der Waals surface area contributed by atoms with Gasteiger partial charge in [0.05, 0.1) is 6.33 Å². The molecule has 0 aliphatic heterocycles. The molecule has 5 nitrogen and oxygen atoms in total. The highest BCUT2D eigenvalue weighted by Gasteiger charge is 2.05. The smallest absolute Gasteiger partial charge is 0.258 e. The Morgan fingerprint density at radius 3 is 2.72 bits per heavy atom. The van der Waals surface area contributed by atoms with E-state index in [9.17, 15) is 4.79 Å². The van der Waals surface area contributed by atoms with Gasteiger partial charge < -0.3 is 14.6 Å². The van der Waals surface area contributed by atoms with Gasteiger partial charge in [0.25, 0.3) is 5.91 Å². The Bertz CT molecular complexity index is 846. The van der Waals surface area contributed by atoms with E-state index in [1.807, 2.05) is 48.0 Å². The number of aryl methyl sites for hydroxylation is 1. The molecule has 3 rings (SSSR count). The van der Waals surface area contributed by atoms with E-state index in [-0.39, 0.29) is 12.5 Å². The number of ether oxygens (including phenoxy) is 1. The average Bonchev–Trinajstić information content (AvgIpc) is 3.16. The molecule has 2 aromatic carbocycles. The summed E-state index contributed by atoms with van der Waals surface area (Å²) in [6, 6.07) is 13.2. The molecule has 25 heavy (non-hydrogen) atoms. The summed E-state index contributed by atoms with van der Waals surface area (Å²) in [5.41, 5.74) is 2.95. The highest BCUT2D eigenvalue weighted by atomic mass is 35.5. The fourth-order valence-electron chi connectivity index (χ4n) is 2.31. The number of hydrogen-bond donors (Lipinski definition) is 1. The van der Waals surface area contributed by atoms with Crippen LogP contribution in [0.2, 0.25) is 5.02 Å². The number of nitrogens with zero attached hydrogens (tertiary/aromatic N) is 2. The lowest BCUT2D eigenvalue weighted by atomic mass is 10.2. The Balaban J connectivity index is 1.48. The van der Waals surface area contributed by atoms with Gasteiger partial charge in [0.2, 0.25) is 0 Å². The Kier molecular flexibility index (Phi) is 5.36. The van der Waals surface area contributed by atoms with Crippen molar-refractivity contribution in [3.05, 3.63) is 77.3 Å². The van der Waals surface area contributed by atoms with Crippen LogP contribution in [0.3, 0.4) is 0 Å². The van der Waals surface area contributed by atoms with E-state index >= 15 is 0 Å². The molecule has 0 aliphatic rings. The zero-order chi connectivity index (χ0) is 17.6. The summed E-state index contributed by atoms with van der Waals surface area (Å²) in [6.07, 6.45) is 5.36. The molecule has 128 valence electrons. The van der Waals surface area contributed by atoms with Gasteiger partial charge in [0.1, 0.15) is 5.75 Å². The molecule has 0 spiro atoms. The van der Waals surface area contributed by atoms with Crippen LogP contribution < -0.4 is 10.1 Å². The van der Waals surface area contributed by atoms with Crippen LogP contribution in [-0.4, -0.2) is 22.1 Å². The van der Waals surface area contributed by atoms with Gasteiger partial charge in [-0.1, -0.05) is 23.7 Å². The number of rotatable bonds is 6. The van der Waals surface area contributed by atoms with Crippen LogP contribution in [0.15, 0.2) is 61.2 Å². The van der Waals surface area contributed by atoms with E-state index in [0.717, 1.165) is 16.8 Å². The van der Waals surface area contributed by atoms with E-state index in [0.29, 0.717) is 17.3 Å². The van der Waals surface area contributed by atoms with Crippen molar-refractivity contribution in [2.24, 2.45) is 0 Å². The molecule has 0 bridgehead atoms. The minimum atomic E-state index is -0.175. The van der Waals surface area contributed by atoms with Crippen LogP contribution in [-0.2, 0) is 11.3 Å². The van der Waals surface area contributed by atoms with Gasteiger partial charge in [-0.2, -0.15) is 0 Å². The van der Waals surface area contributed by atoms with Crippen molar-refractivity contribution in [2.75, 3.05) is 6.61 Å². The van der Waals surface area contributed by atoms with E-state index < -0.39 is 0 Å². The lowest BCUT2D eigenvalue weighted by Gasteiger charge is -2.09. The molecule has 0 radical (unpaired) electrons. The molecule has 0 unspecified atom stereocenters. The lowest BCUT2D eigenvalue weighted by molar-refractivity contribution is -0.123. The lowest BCUT2D eigenvalue weighted by Crippen LogP contribution is -2.28. The second kappa shape index (κ2) is 7.85. The number of benzene rings is 2. The molecule has 0 aliphatic carbocycles. The molecule has 3 aromatic rings. The molecular formula is C19H18ClN3O2. The first kappa shape index (κ1) is 17.0. The van der Waals surface area contributed by atoms with Gasteiger partial charge >= 0.3 is 0 Å². The molecule has 1 aromatic heterocycles. The Morgan fingerprint density at radius 2 is 2.04 bits per heavy atom. The predicted octanol–water partition coefficient (Wildman–Crippen LogP) is 3.53. The van der Waals surface area contributed by atoms with Gasteiger partial charge in [0, 0.05) is 29.6 Å². The first-order chi connectivity index (χ1) is 12.1. The monoisotopic (exact) mass is 355 g/mol. The zero-order valence-electron chi connectivity index (χ0n) is 13.8. The van der Waals surface area contributed by atoms with E-state index in [4.69, 9.17) is 16.3 Å². The maximum atomic E-state index is 11.9. The largest absolute Gasteiger partial charge is 0.484 e. The van der Waals surface area contributed by atoms with Gasteiger partial charge in [0.15, 0.2) is 6.61 Å². The summed E-state index contributed by atoms with van der Waals surface area (Å²) >= 11 is 5.96. The van der Waals surface area contributed by atoms with Crippen LogP contribution in [0.25, 0.3) is 5.69 Å². The van der Waals surface area contributed by atoms with Gasteiger partial charge in [-0.25, -0.2) is 4.98 Å². The average molecular weight is 356 g/mol. The molecule has 0 atom stereocenters. The molecule has 0 saturated carbocycles. The zero-order valence-corrected chi connectivity index (χ0v) is 14.5. The summed E-state index contributed by atoms with van der Waals surface area (Å²) in [5.74, 6) is 0.452. The fourth-order valence-corrected chi connectivity index (χ4v) is 2.42. The Labute approximate surface area is 151 Å². The second-order valence-electron chi connectivity index (χ2n) is 5.61. The number of amides is 1. The third-order valence-electron chi connectivity index (χ3n) is 3.73. The van der Waals surface area contributed by atoms with Crippen LogP contribution in [0.5, 0.6) is 5.75 Å². The first-order valence-corrected chi connectivity index (χ1v) is 8.22. The van der Waals surface area contributed by atoms with E-state index in [2.05, 4.69) is 10.3 Å². The third-order valence-corrected chi connectivity index (χ3v) is 4.15. The number of imidazole rings is 1. The maximum absolute atomic E-state index is 11.9. The van der Waals surface area contributed by atoms with E-state index in [1.165, 1.54) is 0 Å².